The van der Waals surface area contributed by atoms with Gasteiger partial charge in [-0.15, -0.1) is 11.3 Å². The quantitative estimate of drug-likeness (QED) is 0.806. The van der Waals surface area contributed by atoms with Crippen LogP contribution in [0.2, 0.25) is 0 Å². The molecule has 1 atom stereocenters. The van der Waals surface area contributed by atoms with Crippen LogP contribution in [0.4, 0.5) is 0 Å². The maximum Gasteiger partial charge on any atom is 0.326 e. The van der Waals surface area contributed by atoms with Crippen LogP contribution in [0.1, 0.15) is 37.6 Å². The number of aliphatic carboxylic acids is 1. The predicted molar refractivity (Wildman–Crippen MR) is 88.6 cm³/mol. The van der Waals surface area contributed by atoms with Gasteiger partial charge in [-0.05, 0) is 20.8 Å². The van der Waals surface area contributed by atoms with Gasteiger partial charge >= 0.3 is 5.97 Å². The summed E-state index contributed by atoms with van der Waals surface area (Å²) in [5.74, 6) is -1.96. The van der Waals surface area contributed by atoms with Crippen molar-refractivity contribution in [1.82, 2.24) is 14.7 Å². The summed E-state index contributed by atoms with van der Waals surface area (Å²) in [7, 11) is 0. The average molecular weight is 353 g/mol. The normalized spacial score (nSPS) is 13.0. The Morgan fingerprint density at radius 3 is 2.79 bits per heavy atom. The minimum atomic E-state index is -1.19. The van der Waals surface area contributed by atoms with Crippen LogP contribution >= 0.6 is 11.3 Å². The molecule has 0 aliphatic heterocycles. The van der Waals surface area contributed by atoms with Gasteiger partial charge in [0.05, 0.1) is 5.60 Å². The van der Waals surface area contributed by atoms with Gasteiger partial charge in [0.15, 0.2) is 4.96 Å². The van der Waals surface area contributed by atoms with Gasteiger partial charge in [-0.25, -0.2) is 9.78 Å². The fourth-order valence-electron chi connectivity index (χ4n) is 1.96. The van der Waals surface area contributed by atoms with Crippen molar-refractivity contribution < 1.29 is 19.4 Å². The number of rotatable bonds is 6. The highest BCUT2D eigenvalue weighted by atomic mass is 32.1. The van der Waals surface area contributed by atoms with E-state index in [1.54, 1.807) is 5.38 Å². The zero-order valence-electron chi connectivity index (χ0n) is 13.6. The first-order valence-corrected chi connectivity index (χ1v) is 8.19. The molecule has 0 fully saturated rings. The lowest BCUT2D eigenvalue weighted by Gasteiger charge is -2.21. The third-order valence-electron chi connectivity index (χ3n) is 3.13. The third kappa shape index (κ3) is 4.39. The monoisotopic (exact) mass is 353 g/mol. The summed E-state index contributed by atoms with van der Waals surface area (Å²) >= 11 is 1.26. The first-order chi connectivity index (χ1) is 11.2. The van der Waals surface area contributed by atoms with Gasteiger partial charge in [-0.3, -0.25) is 14.0 Å². The van der Waals surface area contributed by atoms with Crippen molar-refractivity contribution in [3.63, 3.8) is 0 Å². The summed E-state index contributed by atoms with van der Waals surface area (Å²) in [5.41, 5.74) is -1.14. The van der Waals surface area contributed by atoms with Crippen LogP contribution < -0.4 is 10.9 Å². The summed E-state index contributed by atoms with van der Waals surface area (Å²) < 4.78 is 6.72. The van der Waals surface area contributed by atoms with Crippen molar-refractivity contribution in [3.8, 4) is 0 Å². The standard InChI is InChI=1S/C15H19N3O5S/c1-15(2,3)23-6-4-10(13(21)22)17-11(19)9-8-16-14-18(12(9)20)5-7-24-14/h5,7-8,10H,4,6H2,1-3H3,(H,17,19)(H,21,22). The second kappa shape index (κ2) is 7.10. The molecule has 2 rings (SSSR count). The Balaban J connectivity index is 2.10. The Hall–Kier alpha value is -2.26. The number of ether oxygens (including phenoxy) is 1. The van der Waals surface area contributed by atoms with Crippen molar-refractivity contribution in [2.45, 2.75) is 38.8 Å². The smallest absolute Gasteiger partial charge is 0.326 e. The molecule has 9 heteroatoms. The molecule has 2 aromatic rings. The number of carboxylic acids is 1. The molecule has 8 nitrogen and oxygen atoms in total. The van der Waals surface area contributed by atoms with Crippen LogP contribution in [-0.2, 0) is 9.53 Å². The topological polar surface area (TPSA) is 110 Å². The molecular formula is C15H19N3O5S. The second-order valence-electron chi connectivity index (χ2n) is 6.15. The Morgan fingerprint density at radius 1 is 1.46 bits per heavy atom. The third-order valence-corrected chi connectivity index (χ3v) is 3.90. The zero-order chi connectivity index (χ0) is 17.9. The number of nitrogens with zero attached hydrogens (tertiary/aromatic N) is 2. The van der Waals surface area contributed by atoms with E-state index in [0.717, 1.165) is 6.20 Å². The lowest BCUT2D eigenvalue weighted by Crippen LogP contribution is -2.43. The molecule has 0 aliphatic carbocycles. The number of hydrogen-bond acceptors (Lipinski definition) is 6. The molecule has 24 heavy (non-hydrogen) atoms. The number of hydrogen-bond donors (Lipinski definition) is 2. The summed E-state index contributed by atoms with van der Waals surface area (Å²) in [6.07, 6.45) is 2.76. The molecule has 2 N–H and O–H groups in total. The summed E-state index contributed by atoms with van der Waals surface area (Å²) in [6.45, 7) is 5.72. The number of aromatic nitrogens is 2. The molecule has 0 aliphatic rings. The molecule has 0 radical (unpaired) electrons. The number of carbonyl (C=O) groups is 2. The highest BCUT2D eigenvalue weighted by molar-refractivity contribution is 7.15. The van der Waals surface area contributed by atoms with Crippen LogP contribution in [0, 0.1) is 0 Å². The van der Waals surface area contributed by atoms with Gasteiger partial charge in [0, 0.05) is 30.8 Å². The van der Waals surface area contributed by atoms with Crippen LogP contribution in [0.5, 0.6) is 0 Å². The maximum absolute atomic E-state index is 12.2. The van der Waals surface area contributed by atoms with E-state index in [1.165, 1.54) is 21.9 Å². The van der Waals surface area contributed by atoms with E-state index in [4.69, 9.17) is 4.74 Å². The predicted octanol–water partition coefficient (Wildman–Crippen LogP) is 1.14. The molecule has 0 bridgehead atoms. The van der Waals surface area contributed by atoms with Gasteiger partial charge < -0.3 is 15.2 Å². The van der Waals surface area contributed by atoms with Crippen molar-refractivity contribution in [2.24, 2.45) is 0 Å². The summed E-state index contributed by atoms with van der Waals surface area (Å²) in [6, 6.07) is -1.15. The van der Waals surface area contributed by atoms with E-state index >= 15 is 0 Å². The summed E-state index contributed by atoms with van der Waals surface area (Å²) in [5, 5.41) is 13.3. The van der Waals surface area contributed by atoms with E-state index in [9.17, 15) is 19.5 Å². The number of thiazole rings is 1. The molecule has 2 heterocycles. The molecule has 2 aromatic heterocycles. The molecule has 130 valence electrons. The first kappa shape index (κ1) is 18.1. The molecule has 0 saturated heterocycles. The highest BCUT2D eigenvalue weighted by Gasteiger charge is 2.23. The largest absolute Gasteiger partial charge is 0.480 e. The van der Waals surface area contributed by atoms with Gasteiger partial charge in [0.1, 0.15) is 11.6 Å². The van der Waals surface area contributed by atoms with Crippen molar-refractivity contribution in [2.75, 3.05) is 6.61 Å². The van der Waals surface area contributed by atoms with Crippen molar-refractivity contribution >= 4 is 28.2 Å². The van der Waals surface area contributed by atoms with Crippen LogP contribution in [0.25, 0.3) is 4.96 Å². The average Bonchev–Trinajstić information content (AvgIpc) is 2.94. The SMILES string of the molecule is CC(C)(C)OCCC(NC(=O)c1cnc2sccn2c1=O)C(=O)O. The van der Waals surface area contributed by atoms with Crippen molar-refractivity contribution in [1.29, 1.82) is 0 Å². The Morgan fingerprint density at radius 2 is 2.17 bits per heavy atom. The number of fused-ring (bicyclic) bond motifs is 1. The van der Waals surface area contributed by atoms with Gasteiger partial charge in [-0.1, -0.05) is 0 Å². The summed E-state index contributed by atoms with van der Waals surface area (Å²) in [4.78, 5) is 40.3. The van der Waals surface area contributed by atoms with E-state index in [-0.39, 0.29) is 18.6 Å². The Bertz CT molecular complexity index is 805. The Kier molecular flexibility index (Phi) is 5.35. The molecule has 1 amide bonds. The fourth-order valence-corrected chi connectivity index (χ4v) is 2.63. The van der Waals surface area contributed by atoms with E-state index in [0.29, 0.717) is 4.96 Å². The molecule has 0 aromatic carbocycles. The van der Waals surface area contributed by atoms with Crippen LogP contribution in [0.15, 0.2) is 22.6 Å². The zero-order valence-corrected chi connectivity index (χ0v) is 14.4. The minimum Gasteiger partial charge on any atom is -0.480 e. The van der Waals surface area contributed by atoms with Crippen LogP contribution in [0.3, 0.4) is 0 Å². The van der Waals surface area contributed by atoms with Gasteiger partial charge in [0.25, 0.3) is 11.5 Å². The minimum absolute atomic E-state index is 0.0911. The lowest BCUT2D eigenvalue weighted by molar-refractivity contribution is -0.140. The van der Waals surface area contributed by atoms with E-state index < -0.39 is 29.1 Å². The number of nitrogens with one attached hydrogen (secondary N) is 1. The van der Waals surface area contributed by atoms with E-state index in [2.05, 4.69) is 10.3 Å². The highest BCUT2D eigenvalue weighted by Crippen LogP contribution is 2.09. The lowest BCUT2D eigenvalue weighted by atomic mass is 10.1. The Labute approximate surface area is 142 Å². The number of carbonyl (C=O) groups excluding carboxylic acids is 1. The number of carboxylic acid groups (broad SMARTS) is 1. The fraction of sp³-hybridized carbons (Fsp3) is 0.467. The van der Waals surface area contributed by atoms with Gasteiger partial charge in [-0.2, -0.15) is 0 Å². The first-order valence-electron chi connectivity index (χ1n) is 7.31. The molecular weight excluding hydrogens is 334 g/mol. The van der Waals surface area contributed by atoms with Gasteiger partial charge in [0.2, 0.25) is 0 Å². The molecule has 0 saturated carbocycles. The van der Waals surface area contributed by atoms with Crippen LogP contribution in [-0.4, -0.2) is 44.6 Å². The molecule has 0 spiro atoms. The molecule has 1 unspecified atom stereocenters. The van der Waals surface area contributed by atoms with E-state index in [1.807, 2.05) is 20.8 Å². The maximum atomic E-state index is 12.2. The second-order valence-corrected chi connectivity index (χ2v) is 7.02. The number of amides is 1. The van der Waals surface area contributed by atoms with Crippen molar-refractivity contribution in [3.05, 3.63) is 33.7 Å².